The van der Waals surface area contributed by atoms with Crippen molar-refractivity contribution in [1.29, 1.82) is 0 Å². The van der Waals surface area contributed by atoms with Crippen molar-refractivity contribution in [3.63, 3.8) is 0 Å². The number of carbonyl (C=O) groups excluding carboxylic acids is 8. The van der Waals surface area contributed by atoms with Crippen molar-refractivity contribution in [1.82, 2.24) is 14.7 Å². The van der Waals surface area contributed by atoms with Crippen molar-refractivity contribution in [2.75, 3.05) is 40.8 Å². The molecule has 0 spiro atoms. The fraction of sp³-hybridized carbons (Fsp3) is 0.597. The zero-order valence-electron chi connectivity index (χ0n) is 54.1. The first-order valence-electron chi connectivity index (χ1n) is 30.9. The van der Waals surface area contributed by atoms with Gasteiger partial charge in [-0.15, -0.1) is 12.4 Å². The van der Waals surface area contributed by atoms with Gasteiger partial charge in [0.1, 0.15) is 16.6 Å². The number of halogens is 5. The smallest absolute Gasteiger partial charge is 0.413 e. The number of ketones is 3. The third kappa shape index (κ3) is 20.9. The van der Waals surface area contributed by atoms with E-state index in [1.165, 1.54) is 28.8 Å². The minimum Gasteiger partial charge on any atom is -0.481 e. The van der Waals surface area contributed by atoms with Gasteiger partial charge >= 0.3 is 36.2 Å². The number of carboxylic acids is 1. The van der Waals surface area contributed by atoms with Crippen LogP contribution in [-0.4, -0.2) is 114 Å². The maximum absolute atomic E-state index is 13.0. The molecule has 6 atom stereocenters. The Labute approximate surface area is 558 Å². The number of nitrogens with zero attached hydrogens (tertiary/aromatic N) is 3. The molecule has 1 N–H and O–H groups in total. The Hall–Kier alpha value is -5.66. The Balaban J connectivity index is 0.000000436. The maximum Gasteiger partial charge on any atom is 0.413 e. The average Bonchev–Trinajstić information content (AvgIpc) is 0.844. The van der Waals surface area contributed by atoms with Gasteiger partial charge in [0.05, 0.1) is 17.8 Å². The Morgan fingerprint density at radius 3 is 1.00 bits per heavy atom. The van der Waals surface area contributed by atoms with E-state index in [1.807, 2.05) is 54.5 Å². The van der Waals surface area contributed by atoms with E-state index in [1.54, 1.807) is 80.7 Å². The predicted octanol–water partition coefficient (Wildman–Crippen LogP) is 16.5. The quantitative estimate of drug-likeness (QED) is 0.0427. The Morgan fingerprint density at radius 2 is 0.767 bits per heavy atom. The second-order valence-electron chi connectivity index (χ2n) is 23.4. The maximum atomic E-state index is 13.0. The second-order valence-corrected chi connectivity index (χ2v) is 24.8. The normalized spacial score (nSPS) is 19.6. The molecule has 0 aliphatic heterocycles. The van der Waals surface area contributed by atoms with Gasteiger partial charge in [-0.2, -0.15) is 0 Å². The topological polar surface area (TPSA) is 230 Å². The summed E-state index contributed by atoms with van der Waals surface area (Å²) in [5.74, 6) is -1.96. The fourth-order valence-corrected chi connectivity index (χ4v) is 12.8. The van der Waals surface area contributed by atoms with Crippen molar-refractivity contribution in [3.05, 3.63) is 105 Å². The zero-order chi connectivity index (χ0) is 66.6. The van der Waals surface area contributed by atoms with Gasteiger partial charge in [-0.1, -0.05) is 176 Å². The Bertz CT molecular complexity index is 2710. The number of rotatable bonds is 22. The summed E-state index contributed by atoms with van der Waals surface area (Å²) < 4.78 is 25.7. The monoisotopic (exact) mass is 1360 g/mol. The van der Waals surface area contributed by atoms with Gasteiger partial charge in [0.25, 0.3) is 0 Å². The number of carboxylic acid groups (broad SMARTS) is 1. The molecule has 0 aromatic heterocycles. The van der Waals surface area contributed by atoms with Gasteiger partial charge in [-0.05, 0) is 107 Å². The molecule has 3 saturated carbocycles. The lowest BCUT2D eigenvalue weighted by Crippen LogP contribution is -2.54. The van der Waals surface area contributed by atoms with Crippen molar-refractivity contribution in [2.24, 2.45) is 29.6 Å². The van der Waals surface area contributed by atoms with Crippen LogP contribution >= 0.6 is 58.8 Å². The lowest BCUT2D eigenvalue weighted by molar-refractivity contribution is -0.161. The minimum atomic E-state index is -1.18. The zero-order valence-corrected chi connectivity index (χ0v) is 57.9. The van der Waals surface area contributed by atoms with Crippen LogP contribution in [0.15, 0.2) is 72.8 Å². The lowest BCUT2D eigenvalue weighted by Gasteiger charge is -2.43. The van der Waals surface area contributed by atoms with Gasteiger partial charge in [0, 0.05) is 72.2 Å². The molecule has 3 aromatic rings. The second kappa shape index (κ2) is 39.7. The Morgan fingerprint density at radius 1 is 0.478 bits per heavy atom. The molecule has 0 radical (unpaired) electrons. The highest BCUT2D eigenvalue weighted by atomic mass is 35.5. The fourth-order valence-electron chi connectivity index (χ4n) is 11.8. The van der Waals surface area contributed by atoms with Crippen molar-refractivity contribution in [3.8, 4) is 0 Å². The highest BCUT2D eigenvalue weighted by Gasteiger charge is 2.51. The van der Waals surface area contributed by atoms with Crippen LogP contribution in [0.1, 0.15) is 188 Å². The van der Waals surface area contributed by atoms with Crippen molar-refractivity contribution >= 4 is 112 Å². The van der Waals surface area contributed by atoms with E-state index < -0.39 is 54.5 Å². The molecule has 6 rings (SSSR count). The summed E-state index contributed by atoms with van der Waals surface area (Å²) in [5, 5.41) is 9.64. The van der Waals surface area contributed by atoms with E-state index in [-0.39, 0.29) is 77.4 Å². The van der Waals surface area contributed by atoms with E-state index in [0.717, 1.165) is 64.2 Å². The summed E-state index contributed by atoms with van der Waals surface area (Å²) in [6, 6.07) is 21.0. The summed E-state index contributed by atoms with van der Waals surface area (Å²) in [4.78, 5) is 115. The molecule has 3 aliphatic carbocycles. The third-order valence-corrected chi connectivity index (χ3v) is 18.1. The number of Topliss-reactive ketones (excluding diaryl/α,β-unsaturated/α-hetero) is 3. The minimum absolute atomic E-state index is 0. The summed E-state index contributed by atoms with van der Waals surface area (Å²) in [6.07, 6.45) is 10.2. The van der Waals surface area contributed by atoms with Crippen LogP contribution < -0.4 is 0 Å². The van der Waals surface area contributed by atoms with Gasteiger partial charge in [0.2, 0.25) is 13.6 Å². The standard InChI is InChI=1S/2C23H32ClNO5.C15H17Cl2NO3.C6H12O2.ClH/c2*1-5-10-17(16(2)3)21(27)29-15-30-22(28)25(4)23(14-9-8-13-20(23)26)18-11-6-7-12-19(18)24;1-18(14(20)21-10-16)15(9-5-4-8-13(15)19)11-6-2-3-7-12(11)17;1-3-4-5(2)6(7)8;/h2*6-7,11-12,16-17H,5,8-10,13-15H2,1-4H3;2-3,6-7H,4-5,8-10H2,1H3;5H,3-4H2,1-2H3,(H,7,8);1H/t2*17-,23-;15-;5-;/m0001./s1. The number of benzene rings is 3. The third-order valence-electron chi connectivity index (χ3n) is 17.0. The lowest BCUT2D eigenvalue weighted by atomic mass is 9.74. The first kappa shape index (κ1) is 80.4. The van der Waals surface area contributed by atoms with E-state index in [0.29, 0.717) is 83.1 Å². The largest absolute Gasteiger partial charge is 0.481 e. The molecule has 23 heteroatoms. The van der Waals surface area contributed by atoms with E-state index in [2.05, 4.69) is 0 Å². The van der Waals surface area contributed by atoms with Gasteiger partial charge in [0.15, 0.2) is 23.4 Å². The molecular weight excluding hydrogens is 1260 g/mol. The molecule has 3 amide bonds. The van der Waals surface area contributed by atoms with Gasteiger partial charge in [-0.25, -0.2) is 14.4 Å². The average molecular weight is 1360 g/mol. The molecule has 0 saturated heterocycles. The number of aliphatic carboxylic acids is 1. The molecule has 0 bridgehead atoms. The molecule has 0 heterocycles. The number of ether oxygens (including phenoxy) is 5. The molecule has 502 valence electrons. The summed E-state index contributed by atoms with van der Waals surface area (Å²) >= 11 is 24.5. The molecule has 3 fully saturated rings. The van der Waals surface area contributed by atoms with Crippen LogP contribution in [0.4, 0.5) is 14.4 Å². The van der Waals surface area contributed by atoms with Gasteiger partial charge < -0.3 is 28.8 Å². The van der Waals surface area contributed by atoms with Crippen molar-refractivity contribution < 1.29 is 71.9 Å². The van der Waals surface area contributed by atoms with E-state index >= 15 is 0 Å². The number of amides is 3. The SMILES string of the molecule is CCC[C@@H](C)C(=O)O.CCC[C@H](C(=O)OCOC(=O)N(C)[C@]1(c2ccccc2Cl)CCCCC1=O)C(C)C.CCC[C@H](C(=O)OCOC(=O)N(C)[C@]1(c2ccccc2Cl)CCCCC1=O)C(C)C.CN(C(=O)OCCl)[C@]1(c2ccccc2Cl)CCCCC1=O.Cl. The molecule has 3 aliphatic rings. The number of esters is 2. The number of likely N-dealkylation sites (N-methyl/N-ethyl adjacent to an activating group) is 3. The number of alkyl halides is 1. The molecular formula is C67H94Cl5N3O15. The summed E-state index contributed by atoms with van der Waals surface area (Å²) in [6.45, 7) is 14.6. The van der Waals surface area contributed by atoms with Crippen LogP contribution in [0.5, 0.6) is 0 Å². The van der Waals surface area contributed by atoms with Crippen LogP contribution in [0, 0.1) is 29.6 Å². The molecule has 0 unspecified atom stereocenters. The van der Waals surface area contributed by atoms with Crippen LogP contribution in [0.2, 0.25) is 15.1 Å². The molecule has 90 heavy (non-hydrogen) atoms. The van der Waals surface area contributed by atoms with E-state index in [4.69, 9.17) is 75.2 Å². The highest BCUT2D eigenvalue weighted by Crippen LogP contribution is 2.45. The van der Waals surface area contributed by atoms with Crippen molar-refractivity contribution in [2.45, 2.75) is 188 Å². The number of hydrogen-bond donors (Lipinski definition) is 1. The molecule has 18 nitrogen and oxygen atoms in total. The van der Waals surface area contributed by atoms with Crippen LogP contribution in [-0.2, 0) is 69.1 Å². The van der Waals surface area contributed by atoms with E-state index in [9.17, 15) is 43.2 Å². The summed E-state index contributed by atoms with van der Waals surface area (Å²) in [7, 11) is 4.62. The van der Waals surface area contributed by atoms with Crippen LogP contribution in [0.25, 0.3) is 0 Å². The highest BCUT2D eigenvalue weighted by molar-refractivity contribution is 6.32. The van der Waals surface area contributed by atoms with Crippen LogP contribution in [0.3, 0.4) is 0 Å². The van der Waals surface area contributed by atoms with Gasteiger partial charge in [-0.3, -0.25) is 43.5 Å². The first-order valence-corrected chi connectivity index (χ1v) is 32.6. The number of hydrogen-bond acceptors (Lipinski definition) is 14. The first-order chi connectivity index (χ1) is 42.2. The predicted molar refractivity (Wildman–Crippen MR) is 351 cm³/mol. The number of carbonyl (C=O) groups is 9. The Kier molecular flexibility index (Phi) is 35.5. The molecule has 3 aromatic carbocycles. The summed E-state index contributed by atoms with van der Waals surface area (Å²) in [5.41, 5.74) is -1.60.